The summed E-state index contributed by atoms with van der Waals surface area (Å²) in [7, 11) is 0. The Morgan fingerprint density at radius 3 is 2.82 bits per heavy atom. The summed E-state index contributed by atoms with van der Waals surface area (Å²) in [6, 6.07) is 8.54. The molecule has 28 heavy (non-hydrogen) atoms. The molecule has 1 atom stereocenters. The van der Waals surface area contributed by atoms with Crippen molar-refractivity contribution in [3.05, 3.63) is 53.9 Å². The van der Waals surface area contributed by atoms with E-state index in [-0.39, 0.29) is 11.9 Å². The van der Waals surface area contributed by atoms with Gasteiger partial charge in [-0.25, -0.2) is 13.8 Å². The first kappa shape index (κ1) is 18.6. The molecule has 1 aromatic heterocycles. The Bertz CT molecular complexity index is 1030. The third-order valence-corrected chi connectivity index (χ3v) is 5.09. The molecule has 0 saturated carbocycles. The number of fused-ring (bicyclic) bond motifs is 1. The van der Waals surface area contributed by atoms with E-state index in [1.807, 2.05) is 18.7 Å². The normalized spacial score (nSPS) is 17.0. The van der Waals surface area contributed by atoms with Crippen molar-refractivity contribution in [1.29, 1.82) is 0 Å². The molecule has 1 amide bonds. The minimum absolute atomic E-state index is 0.119. The van der Waals surface area contributed by atoms with Gasteiger partial charge in [0.2, 0.25) is 11.8 Å². The standard InChI is InChI=1S/C22H22F2N2O2/c1-13(2)10-21(27)26-9-3-4-19(26)22-25-18-11-14(5-8-20(18)28-22)16-7-6-15(23)12-17(16)24/h5-8,11-13,19H,3-4,9-10H2,1-2H3/t19-/m1/s1. The highest BCUT2D eigenvalue weighted by Gasteiger charge is 2.33. The van der Waals surface area contributed by atoms with Gasteiger partial charge in [0.05, 0.1) is 0 Å². The van der Waals surface area contributed by atoms with Gasteiger partial charge in [0.15, 0.2) is 5.58 Å². The zero-order valence-electron chi connectivity index (χ0n) is 15.9. The van der Waals surface area contributed by atoms with Crippen LogP contribution in [0.4, 0.5) is 8.78 Å². The van der Waals surface area contributed by atoms with E-state index in [1.165, 1.54) is 12.1 Å². The first-order valence-electron chi connectivity index (χ1n) is 9.58. The van der Waals surface area contributed by atoms with Crippen LogP contribution in [0.25, 0.3) is 22.2 Å². The summed E-state index contributed by atoms with van der Waals surface area (Å²) in [6.07, 6.45) is 2.24. The van der Waals surface area contributed by atoms with E-state index in [0.717, 1.165) is 18.9 Å². The number of amides is 1. The molecule has 0 radical (unpaired) electrons. The van der Waals surface area contributed by atoms with Gasteiger partial charge >= 0.3 is 0 Å². The van der Waals surface area contributed by atoms with E-state index >= 15 is 0 Å². The lowest BCUT2D eigenvalue weighted by Crippen LogP contribution is -2.31. The molecule has 3 aromatic rings. The summed E-state index contributed by atoms with van der Waals surface area (Å²) in [5, 5.41) is 0. The first-order chi connectivity index (χ1) is 13.4. The molecule has 0 unspecified atom stereocenters. The number of rotatable bonds is 4. The monoisotopic (exact) mass is 384 g/mol. The maximum absolute atomic E-state index is 14.1. The molecule has 0 N–H and O–H groups in total. The molecule has 0 bridgehead atoms. The molecule has 0 aliphatic carbocycles. The number of aromatic nitrogens is 1. The Balaban J connectivity index is 1.65. The molecule has 4 nitrogen and oxygen atoms in total. The molecule has 1 aliphatic heterocycles. The Labute approximate surface area is 162 Å². The van der Waals surface area contributed by atoms with E-state index in [9.17, 15) is 13.6 Å². The minimum atomic E-state index is -0.621. The summed E-state index contributed by atoms with van der Waals surface area (Å²) in [6.45, 7) is 4.76. The fraction of sp³-hybridized carbons (Fsp3) is 0.364. The Kier molecular flexibility index (Phi) is 4.87. The number of nitrogens with zero attached hydrogens (tertiary/aromatic N) is 2. The largest absolute Gasteiger partial charge is 0.438 e. The van der Waals surface area contributed by atoms with Crippen LogP contribution in [0.1, 0.15) is 45.0 Å². The fourth-order valence-corrected chi connectivity index (χ4v) is 3.77. The van der Waals surface area contributed by atoms with Gasteiger partial charge in [-0.2, -0.15) is 0 Å². The van der Waals surface area contributed by atoms with Crippen LogP contribution in [0.2, 0.25) is 0 Å². The third-order valence-electron chi connectivity index (χ3n) is 5.09. The Morgan fingerprint density at radius 1 is 1.25 bits per heavy atom. The van der Waals surface area contributed by atoms with Gasteiger partial charge in [0.1, 0.15) is 23.2 Å². The van der Waals surface area contributed by atoms with Crippen molar-refractivity contribution in [2.24, 2.45) is 5.92 Å². The summed E-state index contributed by atoms with van der Waals surface area (Å²) >= 11 is 0. The van der Waals surface area contributed by atoms with E-state index in [0.29, 0.717) is 47.0 Å². The lowest BCUT2D eigenvalue weighted by Gasteiger charge is -2.23. The van der Waals surface area contributed by atoms with Crippen LogP contribution in [-0.2, 0) is 4.79 Å². The lowest BCUT2D eigenvalue weighted by atomic mass is 10.0. The van der Waals surface area contributed by atoms with Crippen molar-refractivity contribution in [1.82, 2.24) is 9.88 Å². The van der Waals surface area contributed by atoms with Crippen LogP contribution in [0.5, 0.6) is 0 Å². The molecular weight excluding hydrogens is 362 g/mol. The zero-order chi connectivity index (χ0) is 19.8. The zero-order valence-corrected chi connectivity index (χ0v) is 15.9. The van der Waals surface area contributed by atoms with Crippen molar-refractivity contribution in [3.63, 3.8) is 0 Å². The summed E-state index contributed by atoms with van der Waals surface area (Å²) in [5.41, 5.74) is 2.09. The van der Waals surface area contributed by atoms with Crippen LogP contribution < -0.4 is 0 Å². The van der Waals surface area contributed by atoms with E-state index in [2.05, 4.69) is 4.98 Å². The molecule has 146 valence electrons. The minimum Gasteiger partial charge on any atom is -0.438 e. The molecule has 4 rings (SSSR count). The van der Waals surface area contributed by atoms with Crippen LogP contribution in [0, 0.1) is 17.6 Å². The smallest absolute Gasteiger partial charge is 0.223 e. The molecule has 1 saturated heterocycles. The average molecular weight is 384 g/mol. The molecule has 2 heterocycles. The summed E-state index contributed by atoms with van der Waals surface area (Å²) in [5.74, 6) is -0.302. The van der Waals surface area contributed by atoms with Crippen molar-refractivity contribution in [3.8, 4) is 11.1 Å². The topological polar surface area (TPSA) is 46.3 Å². The molecule has 1 aliphatic rings. The van der Waals surface area contributed by atoms with Crippen molar-refractivity contribution in [2.45, 2.75) is 39.2 Å². The van der Waals surface area contributed by atoms with E-state index in [4.69, 9.17) is 4.42 Å². The predicted octanol–water partition coefficient (Wildman–Crippen LogP) is 5.48. The maximum atomic E-state index is 14.1. The van der Waals surface area contributed by atoms with Crippen LogP contribution in [-0.4, -0.2) is 22.3 Å². The van der Waals surface area contributed by atoms with Gasteiger partial charge in [0, 0.05) is 24.6 Å². The quantitative estimate of drug-likeness (QED) is 0.598. The second-order valence-corrected chi connectivity index (χ2v) is 7.70. The van der Waals surface area contributed by atoms with Crippen LogP contribution in [0.3, 0.4) is 0 Å². The first-order valence-corrected chi connectivity index (χ1v) is 9.58. The van der Waals surface area contributed by atoms with Crippen molar-refractivity contribution in [2.75, 3.05) is 6.54 Å². The van der Waals surface area contributed by atoms with Crippen molar-refractivity contribution < 1.29 is 18.0 Å². The number of carbonyl (C=O) groups excluding carboxylic acids is 1. The lowest BCUT2D eigenvalue weighted by molar-refractivity contribution is -0.133. The number of benzene rings is 2. The highest BCUT2D eigenvalue weighted by atomic mass is 19.1. The Hall–Kier alpha value is -2.76. The SMILES string of the molecule is CC(C)CC(=O)N1CCC[C@@H]1c1nc2cc(-c3ccc(F)cc3F)ccc2o1. The third kappa shape index (κ3) is 3.51. The highest BCUT2D eigenvalue weighted by molar-refractivity contribution is 5.81. The number of hydrogen-bond donors (Lipinski definition) is 0. The van der Waals surface area contributed by atoms with Gasteiger partial charge in [0.25, 0.3) is 0 Å². The summed E-state index contributed by atoms with van der Waals surface area (Å²) in [4.78, 5) is 19.0. The van der Waals surface area contributed by atoms with E-state index in [1.54, 1.807) is 18.2 Å². The van der Waals surface area contributed by atoms with Gasteiger partial charge < -0.3 is 9.32 Å². The number of likely N-dealkylation sites (tertiary alicyclic amines) is 1. The van der Waals surface area contributed by atoms with Crippen LogP contribution in [0.15, 0.2) is 40.8 Å². The average Bonchev–Trinajstić information content (AvgIpc) is 3.27. The predicted molar refractivity (Wildman–Crippen MR) is 103 cm³/mol. The van der Waals surface area contributed by atoms with Gasteiger partial charge in [-0.15, -0.1) is 0 Å². The second kappa shape index (κ2) is 7.34. The number of hydrogen-bond acceptors (Lipinski definition) is 3. The number of halogens is 2. The highest BCUT2D eigenvalue weighted by Crippen LogP contribution is 2.35. The maximum Gasteiger partial charge on any atom is 0.223 e. The van der Waals surface area contributed by atoms with E-state index < -0.39 is 11.6 Å². The molecule has 2 aromatic carbocycles. The summed E-state index contributed by atoms with van der Waals surface area (Å²) < 4.78 is 33.2. The molecular formula is C22H22F2N2O2. The number of carbonyl (C=O) groups is 1. The van der Waals surface area contributed by atoms with Gasteiger partial charge in [-0.3, -0.25) is 4.79 Å². The second-order valence-electron chi connectivity index (χ2n) is 7.70. The van der Waals surface area contributed by atoms with Crippen molar-refractivity contribution >= 4 is 17.0 Å². The van der Waals surface area contributed by atoms with Gasteiger partial charge in [-0.05, 0) is 48.6 Å². The van der Waals surface area contributed by atoms with Gasteiger partial charge in [-0.1, -0.05) is 19.9 Å². The fourth-order valence-electron chi connectivity index (χ4n) is 3.77. The molecule has 6 heteroatoms. The van der Waals surface area contributed by atoms with Crippen LogP contribution >= 0.6 is 0 Å². The number of oxazole rings is 1. The molecule has 1 fully saturated rings. The Morgan fingerprint density at radius 2 is 2.07 bits per heavy atom. The molecule has 0 spiro atoms.